The Morgan fingerprint density at radius 1 is 0.842 bits per heavy atom. The first-order valence-corrected chi connectivity index (χ1v) is 12.0. The number of carbonyl (C=O) groups excluding carboxylic acids is 3. The SMILES string of the molecule is CCOc1cc(C=NNC(=O)CC(=O)Nc2ccccc2CC)ccc1OCC(=O)Nc1ccccc1F. The number of benzene rings is 3. The van der Waals surface area contributed by atoms with Crippen molar-refractivity contribution < 1.29 is 28.2 Å². The van der Waals surface area contributed by atoms with Gasteiger partial charge in [-0.25, -0.2) is 9.82 Å². The van der Waals surface area contributed by atoms with Crippen LogP contribution in [0.15, 0.2) is 71.8 Å². The Labute approximate surface area is 220 Å². The molecule has 0 aliphatic rings. The molecule has 0 spiro atoms. The lowest BCUT2D eigenvalue weighted by molar-refractivity contribution is -0.126. The van der Waals surface area contributed by atoms with Gasteiger partial charge in [-0.2, -0.15) is 5.10 Å². The van der Waals surface area contributed by atoms with Crippen molar-refractivity contribution in [3.8, 4) is 11.5 Å². The van der Waals surface area contributed by atoms with Gasteiger partial charge in [0.2, 0.25) is 11.8 Å². The van der Waals surface area contributed by atoms with Gasteiger partial charge in [-0.3, -0.25) is 14.4 Å². The number of nitrogens with zero attached hydrogens (tertiary/aromatic N) is 1. The van der Waals surface area contributed by atoms with E-state index in [-0.39, 0.29) is 18.7 Å². The van der Waals surface area contributed by atoms with Crippen LogP contribution in [0, 0.1) is 5.82 Å². The number of rotatable bonds is 12. The van der Waals surface area contributed by atoms with E-state index in [1.165, 1.54) is 24.4 Å². The van der Waals surface area contributed by atoms with Gasteiger partial charge in [0.1, 0.15) is 12.2 Å². The van der Waals surface area contributed by atoms with E-state index in [1.54, 1.807) is 37.3 Å². The topological polar surface area (TPSA) is 118 Å². The minimum atomic E-state index is -0.571. The maximum Gasteiger partial charge on any atom is 0.262 e. The number of para-hydroxylation sites is 2. The fourth-order valence-electron chi connectivity index (χ4n) is 3.39. The average molecular weight is 521 g/mol. The second-order valence-corrected chi connectivity index (χ2v) is 7.98. The van der Waals surface area contributed by atoms with Crippen molar-refractivity contribution in [3.05, 3.63) is 83.7 Å². The van der Waals surface area contributed by atoms with Crippen LogP contribution in [0.3, 0.4) is 0 Å². The van der Waals surface area contributed by atoms with E-state index in [9.17, 15) is 18.8 Å². The van der Waals surface area contributed by atoms with Gasteiger partial charge in [0.15, 0.2) is 18.1 Å². The van der Waals surface area contributed by atoms with Crippen LogP contribution in [-0.2, 0) is 20.8 Å². The third-order valence-corrected chi connectivity index (χ3v) is 5.17. The highest BCUT2D eigenvalue weighted by molar-refractivity contribution is 6.04. The molecule has 0 atom stereocenters. The molecule has 0 unspecified atom stereocenters. The molecule has 3 aromatic carbocycles. The van der Waals surface area contributed by atoms with E-state index in [4.69, 9.17) is 9.47 Å². The van der Waals surface area contributed by atoms with Crippen LogP contribution in [0.1, 0.15) is 31.4 Å². The van der Waals surface area contributed by atoms with Crippen LogP contribution in [0.25, 0.3) is 0 Å². The number of hydrogen-bond acceptors (Lipinski definition) is 6. The molecule has 0 bridgehead atoms. The fraction of sp³-hybridized carbons (Fsp3) is 0.214. The Kier molecular flexibility index (Phi) is 10.3. The maximum atomic E-state index is 13.7. The number of nitrogens with one attached hydrogen (secondary N) is 3. The van der Waals surface area contributed by atoms with E-state index < -0.39 is 23.5 Å². The maximum absolute atomic E-state index is 13.7. The molecule has 0 aliphatic heterocycles. The molecule has 10 heteroatoms. The molecule has 198 valence electrons. The number of halogens is 1. The normalized spacial score (nSPS) is 10.6. The molecule has 9 nitrogen and oxygen atoms in total. The Hall–Kier alpha value is -4.73. The van der Waals surface area contributed by atoms with Gasteiger partial charge in [-0.05, 0) is 60.9 Å². The number of anilines is 2. The fourth-order valence-corrected chi connectivity index (χ4v) is 3.39. The standard InChI is InChI=1S/C28H29FN4O5/c1-3-20-9-5-7-11-22(20)31-26(34)16-27(35)33-30-17-19-13-14-24(25(15-19)37-4-2)38-18-28(36)32-23-12-8-6-10-21(23)29/h5-15,17H,3-4,16,18H2,1-2H3,(H,31,34)(H,32,36)(H,33,35). The van der Waals surface area contributed by atoms with E-state index in [2.05, 4.69) is 21.2 Å². The van der Waals surface area contributed by atoms with Crippen molar-refractivity contribution in [1.82, 2.24) is 5.43 Å². The lowest BCUT2D eigenvalue weighted by Gasteiger charge is -2.13. The van der Waals surface area contributed by atoms with E-state index in [1.807, 2.05) is 25.1 Å². The number of carbonyl (C=O) groups is 3. The van der Waals surface area contributed by atoms with Crippen LogP contribution < -0.4 is 25.5 Å². The lowest BCUT2D eigenvalue weighted by atomic mass is 10.1. The molecule has 38 heavy (non-hydrogen) atoms. The Bertz CT molecular complexity index is 1310. The summed E-state index contributed by atoms with van der Waals surface area (Å²) >= 11 is 0. The molecular formula is C28H29FN4O5. The molecule has 0 saturated heterocycles. The number of hydrazone groups is 1. The monoisotopic (exact) mass is 520 g/mol. The zero-order valence-corrected chi connectivity index (χ0v) is 21.1. The number of amides is 3. The van der Waals surface area contributed by atoms with Gasteiger partial charge >= 0.3 is 0 Å². The molecule has 0 heterocycles. The number of hydrogen-bond donors (Lipinski definition) is 3. The minimum Gasteiger partial charge on any atom is -0.490 e. The van der Waals surface area contributed by atoms with Gasteiger partial charge in [0.25, 0.3) is 5.91 Å². The van der Waals surface area contributed by atoms with E-state index in [0.717, 1.165) is 12.0 Å². The largest absolute Gasteiger partial charge is 0.490 e. The summed E-state index contributed by atoms with van der Waals surface area (Å²) < 4.78 is 24.9. The summed E-state index contributed by atoms with van der Waals surface area (Å²) in [4.78, 5) is 36.5. The van der Waals surface area contributed by atoms with Crippen LogP contribution in [0.5, 0.6) is 11.5 Å². The zero-order chi connectivity index (χ0) is 27.3. The molecular weight excluding hydrogens is 491 g/mol. The molecule has 3 rings (SSSR count). The Morgan fingerprint density at radius 2 is 1.55 bits per heavy atom. The lowest BCUT2D eigenvalue weighted by Crippen LogP contribution is -2.25. The summed E-state index contributed by atoms with van der Waals surface area (Å²) in [6.45, 7) is 3.75. The highest BCUT2D eigenvalue weighted by atomic mass is 19.1. The van der Waals surface area contributed by atoms with Crippen molar-refractivity contribution in [2.75, 3.05) is 23.8 Å². The van der Waals surface area contributed by atoms with Crippen molar-refractivity contribution in [2.24, 2.45) is 5.10 Å². The average Bonchev–Trinajstić information content (AvgIpc) is 2.90. The zero-order valence-electron chi connectivity index (χ0n) is 21.1. The molecule has 0 aromatic heterocycles. The summed E-state index contributed by atoms with van der Waals surface area (Å²) in [5.41, 5.74) is 4.61. The first kappa shape index (κ1) is 27.9. The molecule has 3 aromatic rings. The van der Waals surface area contributed by atoms with Crippen LogP contribution in [0.4, 0.5) is 15.8 Å². The molecule has 3 amide bonds. The Balaban J connectivity index is 1.53. The van der Waals surface area contributed by atoms with Gasteiger partial charge in [-0.1, -0.05) is 37.3 Å². The first-order valence-electron chi connectivity index (χ1n) is 12.0. The highest BCUT2D eigenvalue weighted by Gasteiger charge is 2.12. The van der Waals surface area contributed by atoms with Crippen molar-refractivity contribution in [3.63, 3.8) is 0 Å². The summed E-state index contributed by atoms with van der Waals surface area (Å²) in [5.74, 6) is -1.44. The van der Waals surface area contributed by atoms with Gasteiger partial charge in [-0.15, -0.1) is 0 Å². The third-order valence-electron chi connectivity index (χ3n) is 5.17. The summed E-state index contributed by atoms with van der Waals surface area (Å²) in [7, 11) is 0. The van der Waals surface area contributed by atoms with Gasteiger partial charge in [0, 0.05) is 5.69 Å². The van der Waals surface area contributed by atoms with Crippen molar-refractivity contribution in [1.29, 1.82) is 0 Å². The van der Waals surface area contributed by atoms with Gasteiger partial charge in [0.05, 0.1) is 18.5 Å². The third kappa shape index (κ3) is 8.44. The minimum absolute atomic E-state index is 0.0583. The van der Waals surface area contributed by atoms with Crippen LogP contribution >= 0.6 is 0 Å². The van der Waals surface area contributed by atoms with E-state index >= 15 is 0 Å². The number of aryl methyl sites for hydroxylation is 1. The second-order valence-electron chi connectivity index (χ2n) is 7.98. The predicted octanol–water partition coefficient (Wildman–Crippen LogP) is 4.28. The van der Waals surface area contributed by atoms with Crippen molar-refractivity contribution >= 4 is 35.3 Å². The molecule has 0 fully saturated rings. The molecule has 0 radical (unpaired) electrons. The highest BCUT2D eigenvalue weighted by Crippen LogP contribution is 2.28. The van der Waals surface area contributed by atoms with Gasteiger partial charge < -0.3 is 20.1 Å². The van der Waals surface area contributed by atoms with Crippen molar-refractivity contribution in [2.45, 2.75) is 26.7 Å². The Morgan fingerprint density at radius 3 is 2.29 bits per heavy atom. The van der Waals surface area contributed by atoms with E-state index in [0.29, 0.717) is 29.4 Å². The number of ether oxygens (including phenoxy) is 2. The molecule has 0 saturated carbocycles. The molecule has 0 aliphatic carbocycles. The summed E-state index contributed by atoms with van der Waals surface area (Å²) in [6, 6.07) is 18.1. The first-order chi connectivity index (χ1) is 18.4. The summed E-state index contributed by atoms with van der Waals surface area (Å²) in [6.07, 6.45) is 1.75. The quantitative estimate of drug-likeness (QED) is 0.187. The summed E-state index contributed by atoms with van der Waals surface area (Å²) in [5, 5.41) is 9.07. The molecule has 3 N–H and O–H groups in total. The smallest absolute Gasteiger partial charge is 0.262 e. The van der Waals surface area contributed by atoms with Crippen LogP contribution in [0.2, 0.25) is 0 Å². The van der Waals surface area contributed by atoms with Crippen LogP contribution in [-0.4, -0.2) is 37.1 Å². The second kappa shape index (κ2) is 14.1. The predicted molar refractivity (Wildman–Crippen MR) is 143 cm³/mol.